The Balaban J connectivity index is 1.74. The average molecular weight is 347 g/mol. The van der Waals surface area contributed by atoms with Crippen molar-refractivity contribution in [3.05, 3.63) is 77.4 Å². The number of hydrogen-bond donors (Lipinski definition) is 2. The minimum atomic E-state index is -0.956. The molecule has 0 amide bonds. The van der Waals surface area contributed by atoms with Gasteiger partial charge in [0.25, 0.3) is 0 Å². The van der Waals surface area contributed by atoms with E-state index in [1.165, 1.54) is 0 Å². The van der Waals surface area contributed by atoms with E-state index in [-0.39, 0.29) is 0 Å². The highest BCUT2D eigenvalue weighted by Crippen LogP contribution is 2.38. The average Bonchev–Trinajstić information content (AvgIpc) is 3.47. The highest BCUT2D eigenvalue weighted by Gasteiger charge is 2.34. The molecule has 0 spiro atoms. The summed E-state index contributed by atoms with van der Waals surface area (Å²) in [5.41, 5.74) is 3.59. The van der Waals surface area contributed by atoms with Crippen molar-refractivity contribution < 1.29 is 10.2 Å². The molecule has 0 unspecified atom stereocenters. The molecule has 0 bridgehead atoms. The smallest absolute Gasteiger partial charge is 0.195 e. The van der Waals surface area contributed by atoms with Crippen molar-refractivity contribution in [2.45, 2.75) is 38.3 Å². The summed E-state index contributed by atoms with van der Waals surface area (Å²) in [5, 5.41) is 20.9. The third-order valence-corrected chi connectivity index (χ3v) is 4.94. The lowest BCUT2D eigenvalue weighted by Gasteiger charge is -2.30. The van der Waals surface area contributed by atoms with Crippen molar-refractivity contribution >= 4 is 11.1 Å². The van der Waals surface area contributed by atoms with Crippen molar-refractivity contribution in [3.63, 3.8) is 0 Å². The fourth-order valence-electron chi connectivity index (χ4n) is 3.28. The first kappa shape index (κ1) is 16.9. The molecule has 2 aliphatic rings. The van der Waals surface area contributed by atoms with Crippen molar-refractivity contribution in [3.8, 4) is 0 Å². The quantitative estimate of drug-likeness (QED) is 0.881. The molecule has 1 radical (unpaired) electrons. The molecule has 4 heteroatoms. The van der Waals surface area contributed by atoms with E-state index in [4.69, 9.17) is 0 Å². The number of allylic oxidation sites excluding steroid dienone is 2. The number of benzene rings is 1. The van der Waals surface area contributed by atoms with Crippen LogP contribution in [0.15, 0.2) is 54.6 Å². The van der Waals surface area contributed by atoms with Gasteiger partial charge in [-0.3, -0.25) is 4.98 Å². The highest BCUT2D eigenvalue weighted by atomic mass is 16.3. The van der Waals surface area contributed by atoms with Gasteiger partial charge in [-0.05, 0) is 67.7 Å². The molecule has 1 aromatic carbocycles. The lowest BCUT2D eigenvalue weighted by molar-refractivity contribution is 0.0738. The second kappa shape index (κ2) is 6.29. The molecule has 1 saturated carbocycles. The van der Waals surface area contributed by atoms with Gasteiger partial charge < -0.3 is 15.1 Å². The normalized spacial score (nSPS) is 18.1. The fraction of sp³-hybridized carbons (Fsp3) is 0.318. The lowest BCUT2D eigenvalue weighted by Crippen LogP contribution is -2.30. The van der Waals surface area contributed by atoms with E-state index >= 15 is 0 Å². The van der Waals surface area contributed by atoms with Crippen LogP contribution in [0, 0.1) is 6.07 Å². The molecule has 26 heavy (non-hydrogen) atoms. The molecule has 2 heterocycles. The zero-order chi connectivity index (χ0) is 18.3. The maximum Gasteiger partial charge on any atom is 0.195 e. The fourth-order valence-corrected chi connectivity index (χ4v) is 3.28. The van der Waals surface area contributed by atoms with Crippen LogP contribution in [-0.4, -0.2) is 32.7 Å². The number of rotatable bonds is 4. The molecule has 4 nitrogen and oxygen atoms in total. The molecule has 0 atom stereocenters. The zero-order valence-corrected chi connectivity index (χ0v) is 15.1. The molecule has 1 fully saturated rings. The van der Waals surface area contributed by atoms with Crippen molar-refractivity contribution in [1.82, 2.24) is 9.88 Å². The summed E-state index contributed by atoms with van der Waals surface area (Å²) in [4.78, 5) is 6.52. The van der Waals surface area contributed by atoms with Crippen LogP contribution in [0.5, 0.6) is 0 Å². The Morgan fingerprint density at radius 2 is 2.00 bits per heavy atom. The molecule has 2 aromatic rings. The third-order valence-electron chi connectivity index (χ3n) is 4.94. The molecule has 1 aliphatic heterocycles. The van der Waals surface area contributed by atoms with Gasteiger partial charge in [0.1, 0.15) is 5.60 Å². The maximum absolute atomic E-state index is 10.8. The molecule has 1 aliphatic carbocycles. The highest BCUT2D eigenvalue weighted by molar-refractivity contribution is 5.87. The minimum Gasteiger partial charge on any atom is -0.494 e. The van der Waals surface area contributed by atoms with Crippen LogP contribution >= 0.6 is 0 Å². The molecule has 4 rings (SSSR count). The van der Waals surface area contributed by atoms with E-state index in [1.54, 1.807) is 20.0 Å². The van der Waals surface area contributed by atoms with Gasteiger partial charge in [-0.25, -0.2) is 0 Å². The third kappa shape index (κ3) is 3.25. The second-order valence-corrected chi connectivity index (χ2v) is 7.55. The van der Waals surface area contributed by atoms with Gasteiger partial charge in [0.05, 0.1) is 5.69 Å². The number of nitrogens with zero attached hydrogens (tertiary/aromatic N) is 2. The van der Waals surface area contributed by atoms with Crippen LogP contribution in [0.1, 0.15) is 43.5 Å². The molecular weight excluding hydrogens is 324 g/mol. The van der Waals surface area contributed by atoms with Crippen molar-refractivity contribution in [2.24, 2.45) is 0 Å². The van der Waals surface area contributed by atoms with Gasteiger partial charge in [-0.15, -0.1) is 0 Å². The lowest BCUT2D eigenvalue weighted by atomic mass is 9.95. The summed E-state index contributed by atoms with van der Waals surface area (Å²) in [6.45, 7) is 4.13. The van der Waals surface area contributed by atoms with Crippen LogP contribution in [0.3, 0.4) is 0 Å². The Kier molecular flexibility index (Phi) is 4.08. The second-order valence-electron chi connectivity index (χ2n) is 7.55. The first-order chi connectivity index (χ1) is 12.4. The minimum absolute atomic E-state index is 0.344. The van der Waals surface area contributed by atoms with Crippen LogP contribution < -0.4 is 0 Å². The van der Waals surface area contributed by atoms with Gasteiger partial charge >= 0.3 is 0 Å². The largest absolute Gasteiger partial charge is 0.494 e. The van der Waals surface area contributed by atoms with Crippen molar-refractivity contribution in [1.29, 1.82) is 0 Å². The number of aliphatic hydroxyl groups excluding tert-OH is 1. The van der Waals surface area contributed by atoms with Gasteiger partial charge in [-0.1, -0.05) is 24.3 Å². The van der Waals surface area contributed by atoms with E-state index in [2.05, 4.69) is 16.0 Å². The van der Waals surface area contributed by atoms with Crippen LogP contribution in [0.4, 0.5) is 0 Å². The Hall–Kier alpha value is -2.59. The molecular formula is C22H23N2O2. The molecule has 0 saturated heterocycles. The van der Waals surface area contributed by atoms with E-state index in [0.29, 0.717) is 24.2 Å². The number of pyridine rings is 1. The SMILES string of the molecule is CC(C)(O)c1ccc(C2=CC(c3c[c]ccc3)=C(O)N(C3CC3)C2)cn1. The summed E-state index contributed by atoms with van der Waals surface area (Å²) >= 11 is 0. The predicted octanol–water partition coefficient (Wildman–Crippen LogP) is 3.90. The number of hydrogen-bond acceptors (Lipinski definition) is 4. The number of aliphatic hydroxyl groups is 2. The van der Waals surface area contributed by atoms with Gasteiger partial charge in [0, 0.05) is 24.4 Å². The predicted molar refractivity (Wildman–Crippen MR) is 102 cm³/mol. The summed E-state index contributed by atoms with van der Waals surface area (Å²) in [6, 6.07) is 15.0. The summed E-state index contributed by atoms with van der Waals surface area (Å²) in [7, 11) is 0. The van der Waals surface area contributed by atoms with Gasteiger partial charge in [0.15, 0.2) is 5.88 Å². The van der Waals surface area contributed by atoms with E-state index in [9.17, 15) is 10.2 Å². The zero-order valence-electron chi connectivity index (χ0n) is 15.1. The monoisotopic (exact) mass is 347 g/mol. The topological polar surface area (TPSA) is 56.6 Å². The Labute approximate surface area is 154 Å². The standard InChI is InChI=1S/C22H23N2O2/c1-22(2,26)20-11-8-16(13-23-20)17-12-19(15-6-4-3-5-7-15)21(25)24(14-17)18-9-10-18/h3-4,6-8,11-13,18,25-26H,9-10,14H2,1-2H3. The molecule has 2 N–H and O–H groups in total. The van der Waals surface area contributed by atoms with E-state index in [0.717, 1.165) is 35.1 Å². The summed E-state index contributed by atoms with van der Waals surface area (Å²) < 4.78 is 0. The summed E-state index contributed by atoms with van der Waals surface area (Å²) in [5.74, 6) is 0.344. The van der Waals surface area contributed by atoms with Crippen molar-refractivity contribution in [2.75, 3.05) is 6.54 Å². The van der Waals surface area contributed by atoms with Crippen LogP contribution in [0.25, 0.3) is 11.1 Å². The summed E-state index contributed by atoms with van der Waals surface area (Å²) in [6.07, 6.45) is 6.07. The van der Waals surface area contributed by atoms with Crippen LogP contribution in [-0.2, 0) is 5.60 Å². The van der Waals surface area contributed by atoms with E-state index < -0.39 is 5.60 Å². The molecule has 133 valence electrons. The Morgan fingerprint density at radius 1 is 1.19 bits per heavy atom. The Bertz CT molecular complexity index is 857. The molecule has 1 aromatic heterocycles. The van der Waals surface area contributed by atoms with Gasteiger partial charge in [-0.2, -0.15) is 0 Å². The van der Waals surface area contributed by atoms with Gasteiger partial charge in [0.2, 0.25) is 0 Å². The number of aromatic nitrogens is 1. The maximum atomic E-state index is 10.8. The first-order valence-corrected chi connectivity index (χ1v) is 9.00. The van der Waals surface area contributed by atoms with E-state index in [1.807, 2.05) is 42.5 Å². The first-order valence-electron chi connectivity index (χ1n) is 9.00. The Morgan fingerprint density at radius 3 is 2.58 bits per heavy atom. The van der Waals surface area contributed by atoms with Crippen LogP contribution in [0.2, 0.25) is 0 Å².